The monoisotopic (exact) mass is 533 g/mol. The quantitative estimate of drug-likeness (QED) is 0.613. The van der Waals surface area contributed by atoms with Gasteiger partial charge >= 0.3 is 0 Å². The van der Waals surface area contributed by atoms with E-state index in [-0.39, 0.29) is 22.6 Å². The highest BCUT2D eigenvalue weighted by Gasteiger charge is 2.32. The second-order valence-corrected chi connectivity index (χ2v) is 11.4. The van der Waals surface area contributed by atoms with E-state index in [1.807, 2.05) is 29.2 Å². The minimum Gasteiger partial charge on any atom is -0.342 e. The molecule has 2 fully saturated rings. The molecule has 2 amide bonds. The molecule has 2 aliphatic heterocycles. The number of likely N-dealkylation sites (tertiary alicyclic amines) is 1. The Morgan fingerprint density at radius 3 is 2.12 bits per heavy atom. The van der Waals surface area contributed by atoms with Crippen LogP contribution in [-0.2, 0) is 26.0 Å². The van der Waals surface area contributed by atoms with Gasteiger partial charge < -0.3 is 10.2 Å². The lowest BCUT2D eigenvalue weighted by molar-refractivity contribution is -0.129. The SMILES string of the molecule is O=C(Nc1ccc(CC(=O)N2CCCC2)cc1)C1CCN(S(=O)(=O)c2ccc(Br)cc2)CC1. The van der Waals surface area contributed by atoms with Gasteiger partial charge in [0.2, 0.25) is 21.8 Å². The zero-order chi connectivity index (χ0) is 23.4. The number of rotatable bonds is 6. The van der Waals surface area contributed by atoms with Crippen molar-refractivity contribution >= 4 is 43.5 Å². The molecule has 0 unspecified atom stereocenters. The molecule has 4 rings (SSSR count). The Kier molecular flexibility index (Phi) is 7.51. The summed E-state index contributed by atoms with van der Waals surface area (Å²) in [6, 6.07) is 14.0. The number of anilines is 1. The Hall–Kier alpha value is -2.23. The number of hydrogen-bond donors (Lipinski definition) is 1. The number of piperidine rings is 1. The third-order valence-corrected chi connectivity index (χ3v) is 8.75. The molecule has 1 N–H and O–H groups in total. The summed E-state index contributed by atoms with van der Waals surface area (Å²) in [6.07, 6.45) is 3.48. The van der Waals surface area contributed by atoms with E-state index in [1.165, 1.54) is 4.31 Å². The number of hydrogen-bond acceptors (Lipinski definition) is 4. The van der Waals surface area contributed by atoms with E-state index < -0.39 is 10.0 Å². The van der Waals surface area contributed by atoms with E-state index in [1.54, 1.807) is 24.3 Å². The van der Waals surface area contributed by atoms with Gasteiger partial charge in [-0.3, -0.25) is 9.59 Å². The first-order valence-electron chi connectivity index (χ1n) is 11.3. The minimum absolute atomic E-state index is 0.100. The highest BCUT2D eigenvalue weighted by atomic mass is 79.9. The van der Waals surface area contributed by atoms with Gasteiger partial charge in [0.15, 0.2) is 0 Å². The number of benzene rings is 2. The average molecular weight is 534 g/mol. The Labute approximate surface area is 203 Å². The van der Waals surface area contributed by atoms with E-state index in [2.05, 4.69) is 21.2 Å². The summed E-state index contributed by atoms with van der Waals surface area (Å²) in [6.45, 7) is 2.31. The van der Waals surface area contributed by atoms with E-state index >= 15 is 0 Å². The lowest BCUT2D eigenvalue weighted by Crippen LogP contribution is -2.41. The third kappa shape index (κ3) is 5.83. The van der Waals surface area contributed by atoms with Crippen molar-refractivity contribution in [2.24, 2.45) is 5.92 Å². The second-order valence-electron chi connectivity index (χ2n) is 8.58. The first-order valence-corrected chi connectivity index (χ1v) is 13.5. The first-order chi connectivity index (χ1) is 15.8. The molecule has 0 radical (unpaired) electrons. The normalized spacial score (nSPS) is 17.8. The number of carbonyl (C=O) groups excluding carboxylic acids is 2. The highest BCUT2D eigenvalue weighted by Crippen LogP contribution is 2.26. The van der Waals surface area contributed by atoms with Crippen LogP contribution in [0.1, 0.15) is 31.2 Å². The van der Waals surface area contributed by atoms with Crippen molar-refractivity contribution in [3.8, 4) is 0 Å². The second kappa shape index (κ2) is 10.4. The molecule has 33 heavy (non-hydrogen) atoms. The fourth-order valence-electron chi connectivity index (χ4n) is 4.32. The van der Waals surface area contributed by atoms with Crippen LogP contribution in [0.2, 0.25) is 0 Å². The summed E-state index contributed by atoms with van der Waals surface area (Å²) in [4.78, 5) is 27.2. The zero-order valence-corrected chi connectivity index (χ0v) is 20.8. The van der Waals surface area contributed by atoms with Crippen molar-refractivity contribution in [1.29, 1.82) is 0 Å². The van der Waals surface area contributed by atoms with Crippen LogP contribution in [-0.4, -0.2) is 55.6 Å². The Balaban J connectivity index is 1.28. The molecule has 0 aromatic heterocycles. The molecular weight excluding hydrogens is 506 g/mol. The molecule has 0 spiro atoms. The lowest BCUT2D eigenvalue weighted by Gasteiger charge is -2.30. The maximum absolute atomic E-state index is 12.8. The molecule has 0 saturated carbocycles. The smallest absolute Gasteiger partial charge is 0.243 e. The standard InChI is InChI=1S/C24H28BrN3O4S/c25-20-5-9-22(10-6-20)33(31,32)28-15-11-19(12-16-28)24(30)26-21-7-3-18(4-8-21)17-23(29)27-13-1-2-14-27/h3-10,19H,1-2,11-17H2,(H,26,30). The number of amides is 2. The first kappa shape index (κ1) is 23.9. The van der Waals surface area contributed by atoms with Crippen molar-refractivity contribution < 1.29 is 18.0 Å². The number of halogens is 1. The topological polar surface area (TPSA) is 86.8 Å². The Morgan fingerprint density at radius 2 is 1.52 bits per heavy atom. The van der Waals surface area contributed by atoms with Crippen LogP contribution >= 0.6 is 15.9 Å². The van der Waals surface area contributed by atoms with Gasteiger partial charge in [-0.2, -0.15) is 4.31 Å². The van der Waals surface area contributed by atoms with E-state index in [9.17, 15) is 18.0 Å². The molecule has 2 saturated heterocycles. The molecule has 2 aromatic carbocycles. The number of sulfonamides is 1. The minimum atomic E-state index is -3.56. The van der Waals surface area contributed by atoms with Gasteiger partial charge in [0.1, 0.15) is 0 Å². The summed E-state index contributed by atoms with van der Waals surface area (Å²) in [7, 11) is -3.56. The van der Waals surface area contributed by atoms with Gasteiger partial charge in [-0.15, -0.1) is 0 Å². The maximum Gasteiger partial charge on any atom is 0.243 e. The fraction of sp³-hybridized carbons (Fsp3) is 0.417. The van der Waals surface area contributed by atoms with Gasteiger partial charge in [0.25, 0.3) is 0 Å². The van der Waals surface area contributed by atoms with Crippen molar-refractivity contribution in [2.45, 2.75) is 37.0 Å². The molecular formula is C24H28BrN3O4S. The summed E-state index contributed by atoms with van der Waals surface area (Å²) in [5.41, 5.74) is 1.61. The number of nitrogens with zero attached hydrogens (tertiary/aromatic N) is 2. The lowest BCUT2D eigenvalue weighted by atomic mass is 9.97. The van der Waals surface area contributed by atoms with Gasteiger partial charge in [-0.05, 0) is 67.6 Å². The molecule has 2 aliphatic rings. The number of carbonyl (C=O) groups is 2. The molecule has 9 heteroatoms. The Morgan fingerprint density at radius 1 is 0.909 bits per heavy atom. The van der Waals surface area contributed by atoms with Crippen LogP contribution in [0.25, 0.3) is 0 Å². The summed E-state index contributed by atoms with van der Waals surface area (Å²) in [5.74, 6) is -0.191. The molecule has 7 nitrogen and oxygen atoms in total. The van der Waals surface area contributed by atoms with Crippen molar-refractivity contribution in [3.05, 3.63) is 58.6 Å². The molecule has 0 aliphatic carbocycles. The fourth-order valence-corrected chi connectivity index (χ4v) is 6.05. The van der Waals surface area contributed by atoms with Crippen LogP contribution in [0.4, 0.5) is 5.69 Å². The van der Waals surface area contributed by atoms with Crippen molar-refractivity contribution in [3.63, 3.8) is 0 Å². The van der Waals surface area contributed by atoms with Crippen molar-refractivity contribution in [1.82, 2.24) is 9.21 Å². The van der Waals surface area contributed by atoms with E-state index in [4.69, 9.17) is 0 Å². The zero-order valence-electron chi connectivity index (χ0n) is 18.4. The maximum atomic E-state index is 12.8. The molecule has 176 valence electrons. The largest absolute Gasteiger partial charge is 0.342 e. The van der Waals surface area contributed by atoms with Gasteiger partial charge in [0, 0.05) is 42.3 Å². The Bertz CT molecular complexity index is 1090. The van der Waals surface area contributed by atoms with Crippen LogP contribution in [0, 0.1) is 5.92 Å². The van der Waals surface area contributed by atoms with Crippen LogP contribution in [0.15, 0.2) is 57.9 Å². The van der Waals surface area contributed by atoms with E-state index in [0.717, 1.165) is 36.0 Å². The summed E-state index contributed by atoms with van der Waals surface area (Å²) < 4.78 is 28.0. The van der Waals surface area contributed by atoms with Crippen LogP contribution in [0.3, 0.4) is 0 Å². The summed E-state index contributed by atoms with van der Waals surface area (Å²) >= 11 is 3.32. The molecule has 2 heterocycles. The van der Waals surface area contributed by atoms with Crippen molar-refractivity contribution in [2.75, 3.05) is 31.5 Å². The van der Waals surface area contributed by atoms with Gasteiger partial charge in [-0.1, -0.05) is 28.1 Å². The predicted molar refractivity (Wildman–Crippen MR) is 130 cm³/mol. The third-order valence-electron chi connectivity index (χ3n) is 6.31. The van der Waals surface area contributed by atoms with Crippen LogP contribution < -0.4 is 5.32 Å². The van der Waals surface area contributed by atoms with Crippen LogP contribution in [0.5, 0.6) is 0 Å². The highest BCUT2D eigenvalue weighted by molar-refractivity contribution is 9.10. The van der Waals surface area contributed by atoms with E-state index in [0.29, 0.717) is 38.0 Å². The number of nitrogens with one attached hydrogen (secondary N) is 1. The van der Waals surface area contributed by atoms with Gasteiger partial charge in [-0.25, -0.2) is 8.42 Å². The predicted octanol–water partition coefficient (Wildman–Crippen LogP) is 3.65. The summed E-state index contributed by atoms with van der Waals surface area (Å²) in [5, 5.41) is 2.93. The molecule has 0 bridgehead atoms. The van der Waals surface area contributed by atoms with Gasteiger partial charge in [0.05, 0.1) is 11.3 Å². The average Bonchev–Trinajstić information content (AvgIpc) is 3.36. The molecule has 0 atom stereocenters. The molecule has 2 aromatic rings.